The Labute approximate surface area is 65.6 Å². The van der Waals surface area contributed by atoms with Gasteiger partial charge in [0.2, 0.25) is 0 Å². The maximum absolute atomic E-state index is 10.5. The van der Waals surface area contributed by atoms with Crippen molar-refractivity contribution in [3.05, 3.63) is 0 Å². The van der Waals surface area contributed by atoms with Crippen molar-refractivity contribution < 1.29 is 19.1 Å². The summed E-state index contributed by atoms with van der Waals surface area (Å²) in [5.41, 5.74) is 3.10. The lowest BCUT2D eigenvalue weighted by Gasteiger charge is -2.07. The number of hydrogen-bond acceptors (Lipinski definition) is 4. The Balaban J connectivity index is 3.30. The Kier molecular flexibility index (Phi) is 5.50. The summed E-state index contributed by atoms with van der Waals surface area (Å²) in [7, 11) is 1.45. The fourth-order valence-electron chi connectivity index (χ4n) is 0.310. The van der Waals surface area contributed by atoms with Crippen LogP contribution >= 0.6 is 0 Å². The third-order valence-electron chi connectivity index (χ3n) is 0.875. The van der Waals surface area contributed by atoms with Crippen LogP contribution < -0.4 is 5.48 Å². The molecule has 0 aromatic rings. The monoisotopic (exact) mass is 162 g/mol. The molecule has 0 spiro atoms. The molecule has 0 bridgehead atoms. The number of methoxy groups -OCH3 is 1. The second-order valence-corrected chi connectivity index (χ2v) is 1.70. The number of hydroxylamine groups is 1. The minimum absolute atomic E-state index is 0.285. The third-order valence-corrected chi connectivity index (χ3v) is 0.875. The van der Waals surface area contributed by atoms with Crippen molar-refractivity contribution >= 4 is 6.09 Å². The molecule has 0 aromatic heterocycles. The van der Waals surface area contributed by atoms with Gasteiger partial charge >= 0.3 is 6.09 Å². The highest BCUT2D eigenvalue weighted by molar-refractivity contribution is 5.65. The number of rotatable bonds is 4. The molecular formula is C6H12NO4. The summed E-state index contributed by atoms with van der Waals surface area (Å²) in [5, 5.41) is 0. The topological polar surface area (TPSA) is 58.9 Å². The molecule has 0 aliphatic rings. The van der Waals surface area contributed by atoms with Gasteiger partial charge in [-0.2, -0.15) is 0 Å². The quantitative estimate of drug-likeness (QED) is 0.450. The Hall–Kier alpha value is -0.810. The summed E-state index contributed by atoms with van der Waals surface area (Å²) < 4.78 is 9.11. The normalized spacial score (nSPS) is 12.3. The molecule has 1 atom stereocenters. The van der Waals surface area contributed by atoms with E-state index < -0.39 is 12.4 Å². The van der Waals surface area contributed by atoms with Crippen LogP contribution in [0.15, 0.2) is 0 Å². The van der Waals surface area contributed by atoms with E-state index in [1.807, 2.05) is 0 Å². The van der Waals surface area contributed by atoms with E-state index in [0.29, 0.717) is 0 Å². The molecule has 65 valence electrons. The first kappa shape index (κ1) is 10.2. The lowest BCUT2D eigenvalue weighted by atomic mass is 10.8. The zero-order chi connectivity index (χ0) is 8.69. The molecule has 1 amide bonds. The summed E-state index contributed by atoms with van der Waals surface area (Å²) in [4.78, 5) is 15.0. The number of nitrogens with zero attached hydrogens (tertiary/aromatic N) is 1. The van der Waals surface area contributed by atoms with Crippen LogP contribution in [0.4, 0.5) is 4.79 Å². The third kappa shape index (κ3) is 5.63. The van der Waals surface area contributed by atoms with Crippen molar-refractivity contribution in [1.29, 1.82) is 0 Å². The van der Waals surface area contributed by atoms with Crippen LogP contribution in [0.3, 0.4) is 0 Å². The van der Waals surface area contributed by atoms with E-state index in [1.165, 1.54) is 7.11 Å². The van der Waals surface area contributed by atoms with E-state index in [4.69, 9.17) is 0 Å². The van der Waals surface area contributed by atoms with Crippen LogP contribution in [-0.4, -0.2) is 26.1 Å². The second-order valence-electron chi connectivity index (χ2n) is 1.70. The molecule has 0 rings (SSSR count). The molecule has 0 N–H and O–H groups in total. The van der Waals surface area contributed by atoms with E-state index in [9.17, 15) is 4.79 Å². The molecular weight excluding hydrogens is 150 g/mol. The number of carbonyl (C=O) groups is 1. The standard InChI is InChI=1S/C6H12NO4/c1-4-10-6(8)7-11-5(2)9-3/h5H,4H2,1-3H3. The summed E-state index contributed by atoms with van der Waals surface area (Å²) in [6.45, 7) is 3.59. The Morgan fingerprint density at radius 2 is 2.27 bits per heavy atom. The maximum Gasteiger partial charge on any atom is 0.456 e. The molecule has 5 nitrogen and oxygen atoms in total. The smallest absolute Gasteiger partial charge is 0.447 e. The van der Waals surface area contributed by atoms with E-state index in [2.05, 4.69) is 19.8 Å². The molecule has 1 unspecified atom stereocenters. The maximum atomic E-state index is 10.5. The highest BCUT2D eigenvalue weighted by atomic mass is 16.8. The van der Waals surface area contributed by atoms with Gasteiger partial charge in [-0.3, -0.25) is 0 Å². The van der Waals surface area contributed by atoms with Crippen molar-refractivity contribution in [3.8, 4) is 0 Å². The summed E-state index contributed by atoms with van der Waals surface area (Å²) >= 11 is 0. The predicted molar refractivity (Wildman–Crippen MR) is 36.7 cm³/mol. The molecule has 0 fully saturated rings. The first-order valence-electron chi connectivity index (χ1n) is 3.27. The van der Waals surface area contributed by atoms with Crippen LogP contribution in [0.2, 0.25) is 0 Å². The molecule has 11 heavy (non-hydrogen) atoms. The SMILES string of the molecule is CCOC(=O)[N]OC(C)OC. The molecule has 0 heterocycles. The molecule has 0 saturated heterocycles. The van der Waals surface area contributed by atoms with Gasteiger partial charge in [0.15, 0.2) is 6.29 Å². The predicted octanol–water partition coefficient (Wildman–Crippen LogP) is 0.671. The average Bonchev–Trinajstić information content (AvgIpc) is 2.01. The van der Waals surface area contributed by atoms with E-state index in [-0.39, 0.29) is 6.61 Å². The fraction of sp³-hybridized carbons (Fsp3) is 0.833. The van der Waals surface area contributed by atoms with Gasteiger partial charge in [0.05, 0.1) is 6.61 Å². The van der Waals surface area contributed by atoms with Gasteiger partial charge in [-0.15, -0.1) is 0 Å². The molecule has 0 saturated carbocycles. The van der Waals surface area contributed by atoms with Crippen LogP contribution in [0, 0.1) is 0 Å². The van der Waals surface area contributed by atoms with E-state index >= 15 is 0 Å². The van der Waals surface area contributed by atoms with Crippen molar-refractivity contribution in [2.45, 2.75) is 20.1 Å². The molecule has 0 aliphatic carbocycles. The van der Waals surface area contributed by atoms with Gasteiger partial charge in [0, 0.05) is 7.11 Å². The Morgan fingerprint density at radius 3 is 2.73 bits per heavy atom. The first-order valence-corrected chi connectivity index (χ1v) is 3.27. The largest absolute Gasteiger partial charge is 0.456 e. The number of hydrogen-bond donors (Lipinski definition) is 0. The fourth-order valence-corrected chi connectivity index (χ4v) is 0.310. The van der Waals surface area contributed by atoms with Crippen molar-refractivity contribution in [3.63, 3.8) is 0 Å². The van der Waals surface area contributed by atoms with Gasteiger partial charge < -0.3 is 9.47 Å². The van der Waals surface area contributed by atoms with E-state index in [1.54, 1.807) is 13.8 Å². The highest BCUT2D eigenvalue weighted by Crippen LogP contribution is 1.88. The number of ether oxygens (including phenoxy) is 2. The second kappa shape index (κ2) is 5.94. The van der Waals surface area contributed by atoms with Gasteiger partial charge in [-0.05, 0) is 13.8 Å². The average molecular weight is 162 g/mol. The van der Waals surface area contributed by atoms with Crippen LogP contribution in [0.5, 0.6) is 0 Å². The molecule has 0 aliphatic heterocycles. The minimum Gasteiger partial charge on any atom is -0.447 e. The molecule has 0 aromatic carbocycles. The number of carbonyl (C=O) groups excluding carboxylic acids is 1. The summed E-state index contributed by atoms with van der Waals surface area (Å²) in [5.74, 6) is 0. The zero-order valence-electron chi connectivity index (χ0n) is 6.86. The van der Waals surface area contributed by atoms with Crippen LogP contribution in [0.1, 0.15) is 13.8 Å². The van der Waals surface area contributed by atoms with Gasteiger partial charge in [0.25, 0.3) is 0 Å². The summed E-state index contributed by atoms with van der Waals surface area (Å²) in [6.07, 6.45) is -1.27. The van der Waals surface area contributed by atoms with Gasteiger partial charge in [-0.1, -0.05) is 5.48 Å². The van der Waals surface area contributed by atoms with Gasteiger partial charge in [0.1, 0.15) is 0 Å². The van der Waals surface area contributed by atoms with Crippen LogP contribution in [0.25, 0.3) is 0 Å². The molecule has 1 radical (unpaired) electrons. The van der Waals surface area contributed by atoms with E-state index in [0.717, 1.165) is 0 Å². The lowest BCUT2D eigenvalue weighted by Crippen LogP contribution is -2.23. The molecule has 5 heteroatoms. The Morgan fingerprint density at radius 1 is 1.64 bits per heavy atom. The van der Waals surface area contributed by atoms with Crippen molar-refractivity contribution in [2.75, 3.05) is 13.7 Å². The van der Waals surface area contributed by atoms with Crippen LogP contribution in [-0.2, 0) is 14.3 Å². The van der Waals surface area contributed by atoms with Gasteiger partial charge in [-0.25, -0.2) is 9.63 Å². The highest BCUT2D eigenvalue weighted by Gasteiger charge is 2.06. The lowest BCUT2D eigenvalue weighted by molar-refractivity contribution is -0.149. The summed E-state index contributed by atoms with van der Waals surface area (Å²) in [6, 6.07) is 0. The minimum atomic E-state index is -0.739. The van der Waals surface area contributed by atoms with Crippen molar-refractivity contribution in [2.24, 2.45) is 0 Å². The Bertz CT molecular complexity index is 117. The number of amides is 1. The first-order chi connectivity index (χ1) is 5.20. The van der Waals surface area contributed by atoms with Crippen molar-refractivity contribution in [1.82, 2.24) is 5.48 Å². The zero-order valence-corrected chi connectivity index (χ0v) is 6.86.